The van der Waals surface area contributed by atoms with Gasteiger partial charge in [0.05, 0.1) is 12.7 Å². The zero-order chi connectivity index (χ0) is 12.9. The number of nitrogens with zero attached hydrogens (tertiary/aromatic N) is 1. The van der Waals surface area contributed by atoms with Crippen molar-refractivity contribution < 1.29 is 17.9 Å². The number of pyridine rings is 1. The highest BCUT2D eigenvalue weighted by Crippen LogP contribution is 2.18. The number of ether oxygens (including phenoxy) is 2. The summed E-state index contributed by atoms with van der Waals surface area (Å²) < 4.78 is 32.9. The van der Waals surface area contributed by atoms with E-state index in [0.717, 1.165) is 0 Å². The van der Waals surface area contributed by atoms with E-state index >= 15 is 0 Å². The van der Waals surface area contributed by atoms with Crippen molar-refractivity contribution in [3.05, 3.63) is 18.3 Å². The number of rotatable bonds is 6. The molecule has 17 heavy (non-hydrogen) atoms. The summed E-state index contributed by atoms with van der Waals surface area (Å²) in [5, 5.41) is 5.03. The molecule has 0 aromatic carbocycles. The summed E-state index contributed by atoms with van der Waals surface area (Å²) in [6.45, 7) is 4.38. The van der Waals surface area contributed by atoms with Gasteiger partial charge in [0.2, 0.25) is 15.9 Å². The van der Waals surface area contributed by atoms with Crippen molar-refractivity contribution in [3.8, 4) is 5.88 Å². The molecule has 0 atom stereocenters. The maximum atomic E-state index is 11.2. The molecule has 0 fully saturated rings. The maximum Gasteiger partial charge on any atom is 0.243 e. The zero-order valence-electron chi connectivity index (χ0n) is 9.79. The summed E-state index contributed by atoms with van der Waals surface area (Å²) >= 11 is 0. The third kappa shape index (κ3) is 4.68. The number of hydrogen-bond donors (Lipinski definition) is 1. The van der Waals surface area contributed by atoms with Crippen LogP contribution >= 0.6 is 0 Å². The van der Waals surface area contributed by atoms with Gasteiger partial charge >= 0.3 is 0 Å². The molecule has 0 aliphatic heterocycles. The molecule has 96 valence electrons. The largest absolute Gasteiger partial charge is 0.474 e. The highest BCUT2D eigenvalue weighted by atomic mass is 32.2. The molecule has 2 N–H and O–H groups in total. The van der Waals surface area contributed by atoms with Crippen LogP contribution in [0.4, 0.5) is 0 Å². The average Bonchev–Trinajstić information content (AvgIpc) is 2.23. The summed E-state index contributed by atoms with van der Waals surface area (Å²) in [4.78, 5) is 3.70. The molecule has 0 unspecified atom stereocenters. The van der Waals surface area contributed by atoms with Gasteiger partial charge in [-0.2, -0.15) is 0 Å². The third-order valence-corrected chi connectivity index (χ3v) is 2.74. The molecular weight excluding hydrogens is 244 g/mol. The van der Waals surface area contributed by atoms with Crippen LogP contribution in [-0.4, -0.2) is 32.7 Å². The van der Waals surface area contributed by atoms with Crippen LogP contribution in [0.2, 0.25) is 0 Å². The minimum absolute atomic E-state index is 0.00218. The maximum absolute atomic E-state index is 11.2. The van der Waals surface area contributed by atoms with Crippen molar-refractivity contribution in [2.75, 3.05) is 13.2 Å². The van der Waals surface area contributed by atoms with Gasteiger partial charge in [0, 0.05) is 6.20 Å². The fraction of sp³-hybridized carbons (Fsp3) is 0.500. The Morgan fingerprint density at radius 2 is 2.12 bits per heavy atom. The first kappa shape index (κ1) is 13.9. The van der Waals surface area contributed by atoms with Crippen LogP contribution < -0.4 is 9.88 Å². The first-order valence-corrected chi connectivity index (χ1v) is 6.68. The average molecular weight is 260 g/mol. The fourth-order valence-corrected chi connectivity index (χ4v) is 1.75. The SMILES string of the molecule is CC(C)OCCOc1ncccc1S(N)(=O)=O. The van der Waals surface area contributed by atoms with Gasteiger partial charge in [0.15, 0.2) is 0 Å². The molecule has 1 heterocycles. The number of hydrogen-bond acceptors (Lipinski definition) is 5. The monoisotopic (exact) mass is 260 g/mol. The second kappa shape index (κ2) is 5.95. The predicted molar refractivity (Wildman–Crippen MR) is 62.2 cm³/mol. The Morgan fingerprint density at radius 1 is 1.41 bits per heavy atom. The highest BCUT2D eigenvalue weighted by Gasteiger charge is 2.15. The lowest BCUT2D eigenvalue weighted by Crippen LogP contribution is -2.17. The lowest BCUT2D eigenvalue weighted by atomic mass is 10.5. The standard InChI is InChI=1S/C10H16N2O4S/c1-8(2)15-6-7-16-10-9(17(11,13)14)4-3-5-12-10/h3-5,8H,6-7H2,1-2H3,(H2,11,13,14). The molecule has 1 rings (SSSR count). The van der Waals surface area contributed by atoms with Gasteiger partial charge in [-0.3, -0.25) is 0 Å². The summed E-state index contributed by atoms with van der Waals surface area (Å²) in [6, 6.07) is 2.83. The molecule has 0 saturated carbocycles. The molecule has 7 heteroatoms. The van der Waals surface area contributed by atoms with Gasteiger partial charge in [0.1, 0.15) is 11.5 Å². The van der Waals surface area contributed by atoms with E-state index in [1.54, 1.807) is 0 Å². The summed E-state index contributed by atoms with van der Waals surface area (Å²) in [7, 11) is -3.82. The minimum Gasteiger partial charge on any atom is -0.474 e. The van der Waals surface area contributed by atoms with Crippen LogP contribution in [0.3, 0.4) is 0 Å². The highest BCUT2D eigenvalue weighted by molar-refractivity contribution is 7.89. The Bertz CT molecular complexity index is 459. The zero-order valence-corrected chi connectivity index (χ0v) is 10.6. The molecule has 1 aromatic heterocycles. The van der Waals surface area contributed by atoms with Crippen molar-refractivity contribution in [3.63, 3.8) is 0 Å². The lowest BCUT2D eigenvalue weighted by Gasteiger charge is -2.10. The van der Waals surface area contributed by atoms with Crippen molar-refractivity contribution in [2.24, 2.45) is 5.14 Å². The van der Waals surface area contributed by atoms with E-state index in [2.05, 4.69) is 4.98 Å². The first-order valence-electron chi connectivity index (χ1n) is 5.13. The molecule has 0 amide bonds. The second-order valence-corrected chi connectivity index (χ2v) is 5.15. The molecule has 6 nitrogen and oxygen atoms in total. The molecule has 0 aliphatic carbocycles. The summed E-state index contributed by atoms with van der Waals surface area (Å²) in [5.41, 5.74) is 0. The summed E-state index contributed by atoms with van der Waals surface area (Å²) in [5.74, 6) is 0.00218. The molecule has 0 bridgehead atoms. The van der Waals surface area contributed by atoms with Crippen LogP contribution in [0.1, 0.15) is 13.8 Å². The van der Waals surface area contributed by atoms with Gasteiger partial charge in [0.25, 0.3) is 0 Å². The van der Waals surface area contributed by atoms with Crippen LogP contribution in [0, 0.1) is 0 Å². The van der Waals surface area contributed by atoms with Gasteiger partial charge in [-0.1, -0.05) is 0 Å². The van der Waals surface area contributed by atoms with Crippen LogP contribution in [-0.2, 0) is 14.8 Å². The quantitative estimate of drug-likeness (QED) is 0.753. The number of sulfonamides is 1. The third-order valence-electron chi connectivity index (χ3n) is 1.82. The number of nitrogens with two attached hydrogens (primary N) is 1. The van der Waals surface area contributed by atoms with E-state index in [9.17, 15) is 8.42 Å². The van der Waals surface area contributed by atoms with Crippen molar-refractivity contribution in [2.45, 2.75) is 24.8 Å². The van der Waals surface area contributed by atoms with Crippen LogP contribution in [0.5, 0.6) is 5.88 Å². The molecular formula is C10H16N2O4S. The van der Waals surface area contributed by atoms with Crippen molar-refractivity contribution in [1.82, 2.24) is 4.98 Å². The Balaban J connectivity index is 2.65. The number of primary sulfonamides is 1. The smallest absolute Gasteiger partial charge is 0.243 e. The lowest BCUT2D eigenvalue weighted by molar-refractivity contribution is 0.0535. The van der Waals surface area contributed by atoms with Gasteiger partial charge in [-0.25, -0.2) is 18.5 Å². The van der Waals surface area contributed by atoms with Gasteiger partial charge < -0.3 is 9.47 Å². The first-order chi connectivity index (χ1) is 7.91. The van der Waals surface area contributed by atoms with Crippen LogP contribution in [0.25, 0.3) is 0 Å². The van der Waals surface area contributed by atoms with E-state index in [-0.39, 0.29) is 23.5 Å². The summed E-state index contributed by atoms with van der Waals surface area (Å²) in [6.07, 6.45) is 1.54. The van der Waals surface area contributed by atoms with E-state index in [1.807, 2.05) is 13.8 Å². The topological polar surface area (TPSA) is 91.5 Å². The van der Waals surface area contributed by atoms with E-state index in [1.165, 1.54) is 18.3 Å². The molecule has 0 radical (unpaired) electrons. The minimum atomic E-state index is -3.82. The molecule has 0 saturated heterocycles. The van der Waals surface area contributed by atoms with Crippen molar-refractivity contribution >= 4 is 10.0 Å². The van der Waals surface area contributed by atoms with Gasteiger partial charge in [-0.15, -0.1) is 0 Å². The predicted octanol–water partition coefficient (Wildman–Crippen LogP) is 0.533. The Morgan fingerprint density at radius 3 is 2.71 bits per heavy atom. The van der Waals surface area contributed by atoms with Crippen molar-refractivity contribution in [1.29, 1.82) is 0 Å². The Hall–Kier alpha value is -1.18. The molecule has 1 aromatic rings. The Labute approximate surface area is 101 Å². The second-order valence-electron chi connectivity index (χ2n) is 3.62. The fourth-order valence-electron chi connectivity index (χ4n) is 1.12. The van der Waals surface area contributed by atoms with E-state index in [0.29, 0.717) is 6.61 Å². The van der Waals surface area contributed by atoms with E-state index < -0.39 is 10.0 Å². The normalized spacial score (nSPS) is 11.8. The Kier molecular flexibility index (Phi) is 4.86. The van der Waals surface area contributed by atoms with Gasteiger partial charge in [-0.05, 0) is 26.0 Å². The molecule has 0 spiro atoms. The van der Waals surface area contributed by atoms with Crippen LogP contribution in [0.15, 0.2) is 23.2 Å². The number of aromatic nitrogens is 1. The van der Waals surface area contributed by atoms with E-state index in [4.69, 9.17) is 14.6 Å². The molecule has 0 aliphatic rings.